The highest BCUT2D eigenvalue weighted by molar-refractivity contribution is 5.98. The number of nitrogens with two attached hydrogens (primary N) is 1. The molecule has 1 aliphatic carbocycles. The molecule has 0 bridgehead atoms. The summed E-state index contributed by atoms with van der Waals surface area (Å²) in [4.78, 5) is 24.2. The molecule has 0 aliphatic heterocycles. The number of hydrogen-bond acceptors (Lipinski definition) is 3. The van der Waals surface area contributed by atoms with Crippen molar-refractivity contribution in [2.75, 3.05) is 6.54 Å². The third-order valence-electron chi connectivity index (χ3n) is 4.98. The highest BCUT2D eigenvalue weighted by Crippen LogP contribution is 2.21. The molecular weight excluding hydrogens is 316 g/mol. The van der Waals surface area contributed by atoms with E-state index >= 15 is 0 Å². The summed E-state index contributed by atoms with van der Waals surface area (Å²) in [5.41, 5.74) is 7.13. The first-order valence-corrected chi connectivity index (χ1v) is 8.93. The molecule has 2 aromatic rings. The Hall–Kier alpha value is -2.34. The highest BCUT2D eigenvalue weighted by Gasteiger charge is 2.24. The lowest BCUT2D eigenvalue weighted by Gasteiger charge is -2.29. The van der Waals surface area contributed by atoms with Gasteiger partial charge in [0.05, 0.1) is 0 Å². The smallest absolute Gasteiger partial charge is 0.268 e. The molecule has 0 radical (unpaired) electrons. The van der Waals surface area contributed by atoms with Gasteiger partial charge in [-0.15, -0.1) is 0 Å². The summed E-state index contributed by atoms with van der Waals surface area (Å²) in [5.74, 6) is -0.0141. The van der Waals surface area contributed by atoms with Crippen LogP contribution in [0.1, 0.15) is 42.6 Å². The molecule has 1 fully saturated rings. The van der Waals surface area contributed by atoms with Gasteiger partial charge in [-0.2, -0.15) is 0 Å². The Morgan fingerprint density at radius 3 is 2.40 bits per heavy atom. The van der Waals surface area contributed by atoms with Crippen LogP contribution >= 0.6 is 0 Å². The summed E-state index contributed by atoms with van der Waals surface area (Å²) < 4.78 is 1.93. The van der Waals surface area contributed by atoms with Gasteiger partial charge in [0.25, 0.3) is 5.91 Å². The third-order valence-corrected chi connectivity index (χ3v) is 4.98. The number of rotatable bonds is 5. The van der Waals surface area contributed by atoms with Crippen molar-refractivity contribution in [3.63, 3.8) is 0 Å². The van der Waals surface area contributed by atoms with E-state index in [1.165, 1.54) is 0 Å². The number of hydrogen-bond donors (Lipinski definition) is 3. The first-order chi connectivity index (χ1) is 12.1. The van der Waals surface area contributed by atoms with Crippen molar-refractivity contribution < 1.29 is 9.59 Å². The fraction of sp³-hybridized carbons (Fsp3) is 0.474. The molecule has 6 nitrogen and oxygen atoms in total. The zero-order valence-corrected chi connectivity index (χ0v) is 14.6. The number of nitrogens with one attached hydrogen (secondary N) is 2. The zero-order valence-electron chi connectivity index (χ0n) is 14.6. The number of nitrogens with zero attached hydrogens (tertiary/aromatic N) is 1. The lowest BCUT2D eigenvalue weighted by molar-refractivity contribution is -0.121. The molecule has 134 valence electrons. The lowest BCUT2D eigenvalue weighted by atomic mass is 9.91. The Morgan fingerprint density at radius 1 is 1.12 bits per heavy atom. The predicted molar refractivity (Wildman–Crippen MR) is 98.2 cm³/mol. The number of fused-ring (bicyclic) bond motifs is 1. The molecule has 0 saturated heterocycles. The molecule has 6 heteroatoms. The van der Waals surface area contributed by atoms with Crippen molar-refractivity contribution >= 4 is 22.7 Å². The second-order valence-corrected chi connectivity index (χ2v) is 6.78. The summed E-state index contributed by atoms with van der Waals surface area (Å²) in [6.07, 6.45) is 3.90. The van der Waals surface area contributed by atoms with Crippen molar-refractivity contribution in [1.29, 1.82) is 0 Å². The molecule has 1 aromatic carbocycles. The molecule has 1 aliphatic rings. The topological polar surface area (TPSA) is 89.2 Å². The molecule has 4 N–H and O–H groups in total. The van der Waals surface area contributed by atoms with E-state index in [4.69, 9.17) is 5.73 Å². The minimum absolute atomic E-state index is 0.0190. The van der Waals surface area contributed by atoms with E-state index in [9.17, 15) is 9.59 Å². The number of amides is 2. The minimum Gasteiger partial charge on any atom is -0.353 e. The molecule has 1 aromatic heterocycles. The number of para-hydroxylation sites is 1. The Labute approximate surface area is 147 Å². The highest BCUT2D eigenvalue weighted by atomic mass is 16.2. The summed E-state index contributed by atoms with van der Waals surface area (Å²) in [6, 6.07) is 10.3. The standard InChI is InChI=1S/C19H26N4O2/c1-23-16-5-3-2-4-13(16)12-17(23)19(25)22-15-8-6-14(7-9-15)21-18(24)10-11-20/h2-5,12,14-15H,6-11,20H2,1H3,(H,21,24)(H,22,25)/t14-,15-. The van der Waals surface area contributed by atoms with Gasteiger partial charge in [-0.25, -0.2) is 0 Å². The fourth-order valence-electron chi connectivity index (χ4n) is 3.58. The van der Waals surface area contributed by atoms with Crippen LogP contribution < -0.4 is 16.4 Å². The molecule has 3 rings (SSSR count). The van der Waals surface area contributed by atoms with Crippen molar-refractivity contribution in [3.05, 3.63) is 36.0 Å². The summed E-state index contributed by atoms with van der Waals surface area (Å²) in [5, 5.41) is 7.23. The van der Waals surface area contributed by atoms with Gasteiger partial charge in [-0.1, -0.05) is 18.2 Å². The molecule has 1 saturated carbocycles. The number of aryl methyl sites for hydroxylation is 1. The SMILES string of the molecule is Cn1c(C(=O)N[C@H]2CC[C@H](NC(=O)CCN)CC2)cc2ccccc21. The molecule has 2 amide bonds. The second-order valence-electron chi connectivity index (χ2n) is 6.78. The van der Waals surface area contributed by atoms with Gasteiger partial charge in [0.2, 0.25) is 5.91 Å². The van der Waals surface area contributed by atoms with E-state index in [-0.39, 0.29) is 23.9 Å². The quantitative estimate of drug-likeness (QED) is 0.772. The normalized spacial score (nSPS) is 20.4. The lowest BCUT2D eigenvalue weighted by Crippen LogP contribution is -2.44. The van der Waals surface area contributed by atoms with Crippen LogP contribution in [0.3, 0.4) is 0 Å². The molecular formula is C19H26N4O2. The summed E-state index contributed by atoms with van der Waals surface area (Å²) in [6.45, 7) is 0.377. The first kappa shape index (κ1) is 17.5. The Bertz CT molecular complexity index is 760. The number of benzene rings is 1. The van der Waals surface area contributed by atoms with E-state index in [1.54, 1.807) is 0 Å². The van der Waals surface area contributed by atoms with Gasteiger partial charge in [0, 0.05) is 43.0 Å². The average molecular weight is 342 g/mol. The molecule has 1 heterocycles. The molecule has 0 atom stereocenters. The monoisotopic (exact) mass is 342 g/mol. The van der Waals surface area contributed by atoms with E-state index in [1.807, 2.05) is 41.9 Å². The van der Waals surface area contributed by atoms with Crippen molar-refractivity contribution in [3.8, 4) is 0 Å². The van der Waals surface area contributed by atoms with Crippen LogP contribution in [-0.2, 0) is 11.8 Å². The van der Waals surface area contributed by atoms with Crippen LogP contribution in [0, 0.1) is 0 Å². The first-order valence-electron chi connectivity index (χ1n) is 8.93. The Kier molecular flexibility index (Phi) is 5.38. The van der Waals surface area contributed by atoms with Gasteiger partial charge in [0.15, 0.2) is 0 Å². The Morgan fingerprint density at radius 2 is 1.76 bits per heavy atom. The largest absolute Gasteiger partial charge is 0.353 e. The van der Waals surface area contributed by atoms with Gasteiger partial charge in [-0.3, -0.25) is 9.59 Å². The van der Waals surface area contributed by atoms with E-state index < -0.39 is 0 Å². The van der Waals surface area contributed by atoms with E-state index in [2.05, 4.69) is 10.6 Å². The second kappa shape index (κ2) is 7.70. The molecule has 0 unspecified atom stereocenters. The van der Waals surface area contributed by atoms with Crippen LogP contribution in [0.2, 0.25) is 0 Å². The maximum atomic E-state index is 12.6. The summed E-state index contributed by atoms with van der Waals surface area (Å²) in [7, 11) is 1.92. The maximum Gasteiger partial charge on any atom is 0.268 e. The van der Waals surface area contributed by atoms with Crippen LogP contribution in [0.25, 0.3) is 10.9 Å². The third kappa shape index (κ3) is 4.02. The van der Waals surface area contributed by atoms with Crippen LogP contribution in [0.5, 0.6) is 0 Å². The predicted octanol–water partition coefficient (Wildman–Crippen LogP) is 1.68. The van der Waals surface area contributed by atoms with Crippen LogP contribution in [0.15, 0.2) is 30.3 Å². The van der Waals surface area contributed by atoms with E-state index in [0.717, 1.165) is 36.6 Å². The number of carbonyl (C=O) groups is 2. The number of carbonyl (C=O) groups excluding carboxylic acids is 2. The van der Waals surface area contributed by atoms with E-state index in [0.29, 0.717) is 18.7 Å². The van der Waals surface area contributed by atoms with Crippen molar-refractivity contribution in [2.45, 2.75) is 44.2 Å². The van der Waals surface area contributed by atoms with Crippen LogP contribution in [0.4, 0.5) is 0 Å². The van der Waals surface area contributed by atoms with Gasteiger partial charge in [0.1, 0.15) is 5.69 Å². The van der Waals surface area contributed by atoms with Crippen molar-refractivity contribution in [2.24, 2.45) is 12.8 Å². The number of aromatic nitrogens is 1. The van der Waals surface area contributed by atoms with Crippen molar-refractivity contribution in [1.82, 2.24) is 15.2 Å². The molecule has 25 heavy (non-hydrogen) atoms. The maximum absolute atomic E-state index is 12.6. The van der Waals surface area contributed by atoms with Gasteiger partial charge >= 0.3 is 0 Å². The van der Waals surface area contributed by atoms with Crippen LogP contribution in [-0.4, -0.2) is 35.0 Å². The fourth-order valence-corrected chi connectivity index (χ4v) is 3.58. The molecule has 0 spiro atoms. The zero-order chi connectivity index (χ0) is 17.8. The average Bonchev–Trinajstić information content (AvgIpc) is 2.94. The summed E-state index contributed by atoms with van der Waals surface area (Å²) >= 11 is 0. The van der Waals surface area contributed by atoms with Gasteiger partial charge < -0.3 is 20.9 Å². The van der Waals surface area contributed by atoms with Gasteiger partial charge in [-0.05, 0) is 37.8 Å². The minimum atomic E-state index is -0.0330. The Balaban J connectivity index is 1.55.